The Hall–Kier alpha value is -1.04. The number of thioether (sulfide) groups is 1. The Morgan fingerprint density at radius 1 is 1.39 bits per heavy atom. The normalized spacial score (nSPS) is 24.7. The lowest BCUT2D eigenvalue weighted by Gasteiger charge is -2.41. The largest absolute Gasteiger partial charge is 0.378 e. The molecule has 2 aliphatic heterocycles. The van der Waals surface area contributed by atoms with Gasteiger partial charge in [-0.2, -0.15) is 0 Å². The Morgan fingerprint density at radius 3 is 3.11 bits per heavy atom. The summed E-state index contributed by atoms with van der Waals surface area (Å²) in [5.74, 6) is 0.732. The van der Waals surface area contributed by atoms with Gasteiger partial charge in [0.25, 0.3) is 0 Å². The van der Waals surface area contributed by atoms with Crippen LogP contribution in [0.5, 0.6) is 0 Å². The molecule has 18 heavy (non-hydrogen) atoms. The van der Waals surface area contributed by atoms with E-state index in [0.717, 1.165) is 24.6 Å². The molecule has 2 heterocycles. The van der Waals surface area contributed by atoms with E-state index in [2.05, 4.69) is 21.6 Å². The maximum absolute atomic E-state index is 13.3. The molecule has 1 aromatic rings. The van der Waals surface area contributed by atoms with E-state index >= 15 is 0 Å². The zero-order valence-electron chi connectivity index (χ0n) is 9.96. The fourth-order valence-electron chi connectivity index (χ4n) is 2.32. The smallest absolute Gasteiger partial charge is 0.123 e. The van der Waals surface area contributed by atoms with E-state index in [1.807, 2.05) is 6.07 Å². The number of ether oxygens (including phenoxy) is 1. The first-order chi connectivity index (χ1) is 8.84. The van der Waals surface area contributed by atoms with Gasteiger partial charge in [0.2, 0.25) is 0 Å². The first-order valence-electron chi connectivity index (χ1n) is 5.99. The van der Waals surface area contributed by atoms with Crippen LogP contribution in [0.15, 0.2) is 35.9 Å². The lowest BCUT2D eigenvalue weighted by Crippen LogP contribution is -2.47. The molecule has 3 nitrogen and oxygen atoms in total. The number of halogens is 1. The summed E-state index contributed by atoms with van der Waals surface area (Å²) in [7, 11) is 0. The van der Waals surface area contributed by atoms with Crippen LogP contribution in [0.2, 0.25) is 0 Å². The van der Waals surface area contributed by atoms with Gasteiger partial charge in [-0.3, -0.25) is 0 Å². The van der Waals surface area contributed by atoms with Crippen LogP contribution in [0, 0.1) is 5.82 Å². The standard InChI is InChI=1S/C13H15FN2OS/c14-12-3-1-2-11(8-12)13-9-17-6-4-16(13)15-5-7-18-10-15/h1-3,5,7-8,13H,4,6,9-10H2. The summed E-state index contributed by atoms with van der Waals surface area (Å²) in [5, 5.41) is 6.52. The minimum Gasteiger partial charge on any atom is -0.378 e. The van der Waals surface area contributed by atoms with E-state index in [4.69, 9.17) is 4.74 Å². The minimum absolute atomic E-state index is 0.0952. The summed E-state index contributed by atoms with van der Waals surface area (Å²) in [6.07, 6.45) is 2.07. The van der Waals surface area contributed by atoms with E-state index in [9.17, 15) is 4.39 Å². The van der Waals surface area contributed by atoms with Crippen molar-refractivity contribution in [3.05, 3.63) is 47.3 Å². The Balaban J connectivity index is 1.85. The second-order valence-electron chi connectivity index (χ2n) is 4.33. The number of rotatable bonds is 2. The molecule has 1 aromatic carbocycles. The van der Waals surface area contributed by atoms with Crippen molar-refractivity contribution in [2.75, 3.05) is 25.6 Å². The van der Waals surface area contributed by atoms with Gasteiger partial charge >= 0.3 is 0 Å². The molecule has 5 heteroatoms. The molecule has 0 N–H and O–H groups in total. The van der Waals surface area contributed by atoms with Gasteiger partial charge in [0.05, 0.1) is 25.1 Å². The SMILES string of the molecule is Fc1cccc(C2COCCN2N2C=CSC2)c1. The molecule has 0 bridgehead atoms. The third kappa shape index (κ3) is 2.39. The Bertz CT molecular complexity index is 454. The fourth-order valence-corrected chi connectivity index (χ4v) is 3.02. The van der Waals surface area contributed by atoms with Crippen molar-refractivity contribution in [3.8, 4) is 0 Å². The summed E-state index contributed by atoms with van der Waals surface area (Å²) in [6, 6.07) is 6.88. The number of morpholine rings is 1. The monoisotopic (exact) mass is 266 g/mol. The molecule has 2 aliphatic rings. The quantitative estimate of drug-likeness (QED) is 0.817. The second kappa shape index (κ2) is 5.30. The first-order valence-corrected chi connectivity index (χ1v) is 7.04. The molecule has 0 saturated carbocycles. The van der Waals surface area contributed by atoms with E-state index < -0.39 is 0 Å². The van der Waals surface area contributed by atoms with Crippen molar-refractivity contribution in [3.63, 3.8) is 0 Å². The second-order valence-corrected chi connectivity index (χ2v) is 5.19. The maximum atomic E-state index is 13.3. The average Bonchev–Trinajstić information content (AvgIpc) is 2.92. The van der Waals surface area contributed by atoms with Gasteiger partial charge in [-0.05, 0) is 23.1 Å². The van der Waals surface area contributed by atoms with Crippen LogP contribution in [0.1, 0.15) is 11.6 Å². The summed E-state index contributed by atoms with van der Waals surface area (Å²) >= 11 is 1.77. The van der Waals surface area contributed by atoms with Crippen molar-refractivity contribution in [2.45, 2.75) is 6.04 Å². The van der Waals surface area contributed by atoms with Gasteiger partial charge in [0.1, 0.15) is 5.82 Å². The molecule has 1 fully saturated rings. The van der Waals surface area contributed by atoms with Crippen molar-refractivity contribution < 1.29 is 9.13 Å². The maximum Gasteiger partial charge on any atom is 0.123 e. The lowest BCUT2D eigenvalue weighted by molar-refractivity contribution is -0.0976. The predicted octanol–water partition coefficient (Wildman–Crippen LogP) is 2.59. The van der Waals surface area contributed by atoms with Gasteiger partial charge in [-0.25, -0.2) is 9.40 Å². The zero-order valence-corrected chi connectivity index (χ0v) is 10.8. The minimum atomic E-state index is -0.190. The van der Waals surface area contributed by atoms with Gasteiger partial charge < -0.3 is 9.75 Å². The highest BCUT2D eigenvalue weighted by molar-refractivity contribution is 8.02. The first kappa shape index (κ1) is 12.0. The molecule has 1 atom stereocenters. The summed E-state index contributed by atoms with van der Waals surface area (Å²) in [4.78, 5) is 0. The molecule has 3 rings (SSSR count). The van der Waals surface area contributed by atoms with Gasteiger partial charge in [0.15, 0.2) is 0 Å². The average molecular weight is 266 g/mol. The van der Waals surface area contributed by atoms with Crippen LogP contribution in [0.4, 0.5) is 4.39 Å². The van der Waals surface area contributed by atoms with Gasteiger partial charge in [-0.15, -0.1) is 11.8 Å². The van der Waals surface area contributed by atoms with E-state index in [-0.39, 0.29) is 11.9 Å². The van der Waals surface area contributed by atoms with Gasteiger partial charge in [-0.1, -0.05) is 12.1 Å². The van der Waals surface area contributed by atoms with Crippen molar-refractivity contribution >= 4 is 11.8 Å². The van der Waals surface area contributed by atoms with Crippen molar-refractivity contribution in [2.24, 2.45) is 0 Å². The molecule has 0 aliphatic carbocycles. The highest BCUT2D eigenvalue weighted by Crippen LogP contribution is 2.29. The molecule has 1 saturated heterocycles. The predicted molar refractivity (Wildman–Crippen MR) is 70.1 cm³/mol. The number of nitrogens with zero attached hydrogens (tertiary/aromatic N) is 2. The lowest BCUT2D eigenvalue weighted by atomic mass is 10.1. The van der Waals surface area contributed by atoms with Crippen molar-refractivity contribution in [1.82, 2.24) is 10.0 Å². The zero-order chi connectivity index (χ0) is 12.4. The topological polar surface area (TPSA) is 15.7 Å². The fraction of sp³-hybridized carbons (Fsp3) is 0.385. The van der Waals surface area contributed by atoms with E-state index in [1.54, 1.807) is 23.9 Å². The third-order valence-corrected chi connectivity index (χ3v) is 3.93. The number of benzene rings is 1. The molecule has 0 spiro atoms. The van der Waals surface area contributed by atoms with Crippen LogP contribution in [0.25, 0.3) is 0 Å². The van der Waals surface area contributed by atoms with Crippen LogP contribution >= 0.6 is 11.8 Å². The molecule has 0 radical (unpaired) electrons. The molecule has 96 valence electrons. The Kier molecular flexibility index (Phi) is 3.54. The summed E-state index contributed by atoms with van der Waals surface area (Å²) in [5.41, 5.74) is 0.972. The van der Waals surface area contributed by atoms with Crippen LogP contribution in [-0.4, -0.2) is 35.7 Å². The molecule has 0 aromatic heterocycles. The van der Waals surface area contributed by atoms with Gasteiger partial charge in [0, 0.05) is 12.7 Å². The van der Waals surface area contributed by atoms with Crippen molar-refractivity contribution in [1.29, 1.82) is 0 Å². The highest BCUT2D eigenvalue weighted by atomic mass is 32.2. The number of hydrogen-bond donors (Lipinski definition) is 0. The summed E-state index contributed by atoms with van der Waals surface area (Å²) < 4.78 is 18.9. The third-order valence-electron chi connectivity index (χ3n) is 3.20. The summed E-state index contributed by atoms with van der Waals surface area (Å²) in [6.45, 7) is 2.17. The van der Waals surface area contributed by atoms with Crippen LogP contribution in [0.3, 0.4) is 0 Å². The van der Waals surface area contributed by atoms with Crippen LogP contribution < -0.4 is 0 Å². The van der Waals surface area contributed by atoms with E-state index in [0.29, 0.717) is 6.61 Å². The Morgan fingerprint density at radius 2 is 2.33 bits per heavy atom. The number of hydrogen-bond acceptors (Lipinski definition) is 4. The highest BCUT2D eigenvalue weighted by Gasteiger charge is 2.29. The number of hydrazine groups is 1. The van der Waals surface area contributed by atoms with Crippen LogP contribution in [-0.2, 0) is 4.74 Å². The molecular weight excluding hydrogens is 251 g/mol. The van der Waals surface area contributed by atoms with E-state index in [1.165, 1.54) is 6.07 Å². The molecule has 0 amide bonds. The Labute approximate surface area is 110 Å². The molecule has 1 unspecified atom stereocenters. The molecular formula is C13H15FN2OS.